The fourth-order valence-electron chi connectivity index (χ4n) is 1.09. The van der Waals surface area contributed by atoms with Crippen LogP contribution in [-0.4, -0.2) is 36.9 Å². The Balaban J connectivity index is 2.98. The van der Waals surface area contributed by atoms with E-state index in [0.29, 0.717) is 52.1 Å². The predicted molar refractivity (Wildman–Crippen MR) is 66.4 cm³/mol. The molecule has 0 aliphatic rings. The van der Waals surface area contributed by atoms with Gasteiger partial charge in [-0.1, -0.05) is 0 Å². The van der Waals surface area contributed by atoms with Gasteiger partial charge in [-0.15, -0.1) is 0 Å². The van der Waals surface area contributed by atoms with Gasteiger partial charge in [0.15, 0.2) is 0 Å². The molecule has 0 heterocycles. The van der Waals surface area contributed by atoms with Gasteiger partial charge in [-0.2, -0.15) is 0 Å². The molecule has 0 amide bonds. The largest absolute Gasteiger partial charge is 0.381 e. The molecule has 0 aromatic rings. The van der Waals surface area contributed by atoms with Gasteiger partial charge < -0.3 is 9.47 Å². The van der Waals surface area contributed by atoms with Crippen LogP contribution in [0.2, 0.25) is 0 Å². The predicted octanol–water partition coefficient (Wildman–Crippen LogP) is 2.50. The molecule has 0 saturated heterocycles. The molecule has 0 rings (SSSR count). The van der Waals surface area contributed by atoms with E-state index in [2.05, 4.69) is 0 Å². The molecule has 4 nitrogen and oxygen atoms in total. The van der Waals surface area contributed by atoms with Crippen molar-refractivity contribution in [1.82, 2.24) is 0 Å². The molecule has 6 heteroatoms. The molecule has 17 heavy (non-hydrogen) atoms. The lowest BCUT2D eigenvalue weighted by atomic mass is 10.3. The average molecular weight is 285 g/mol. The number of carbonyl (C=O) groups is 2. The Kier molecular flexibility index (Phi) is 12.2. The smallest absolute Gasteiger partial charge is 0.221 e. The fourth-order valence-corrected chi connectivity index (χ4v) is 1.36. The maximum Gasteiger partial charge on any atom is 0.221 e. The van der Waals surface area contributed by atoms with Crippen LogP contribution in [0.3, 0.4) is 0 Å². The molecule has 0 saturated carbocycles. The van der Waals surface area contributed by atoms with Crippen molar-refractivity contribution in [2.45, 2.75) is 32.1 Å². The summed E-state index contributed by atoms with van der Waals surface area (Å²) in [6.07, 6.45) is 2.81. The number of hydrogen-bond acceptors (Lipinski definition) is 4. The molecule has 0 spiro atoms. The third-order valence-electron chi connectivity index (χ3n) is 1.90. The molecule has 0 aliphatic heterocycles. The summed E-state index contributed by atoms with van der Waals surface area (Å²) in [4.78, 5) is 20.8. The van der Waals surface area contributed by atoms with Gasteiger partial charge in [-0.05, 0) is 42.5 Å². The quantitative estimate of drug-likeness (QED) is 0.408. The number of ether oxygens (including phenoxy) is 2. The highest BCUT2D eigenvalue weighted by Gasteiger charge is 1.97. The molecule has 0 aromatic heterocycles. The summed E-state index contributed by atoms with van der Waals surface area (Å²) in [5.41, 5.74) is 0. The summed E-state index contributed by atoms with van der Waals surface area (Å²) in [6, 6.07) is 0. The number of hydrogen-bond donors (Lipinski definition) is 0. The second-order valence-corrected chi connectivity index (χ2v) is 4.34. The van der Waals surface area contributed by atoms with Crippen molar-refractivity contribution < 1.29 is 19.1 Å². The van der Waals surface area contributed by atoms with Crippen LogP contribution in [0.25, 0.3) is 0 Å². The van der Waals surface area contributed by atoms with Gasteiger partial charge in [0.25, 0.3) is 0 Å². The maximum atomic E-state index is 10.4. The summed E-state index contributed by atoms with van der Waals surface area (Å²) >= 11 is 10.3. The van der Waals surface area contributed by atoms with Crippen molar-refractivity contribution in [3.8, 4) is 0 Å². The van der Waals surface area contributed by atoms with E-state index in [1.54, 1.807) is 0 Å². The number of rotatable bonds is 12. The lowest BCUT2D eigenvalue weighted by Crippen LogP contribution is -2.04. The first-order valence-corrected chi connectivity index (χ1v) is 6.40. The van der Waals surface area contributed by atoms with Crippen LogP contribution < -0.4 is 0 Å². The molecule has 0 aromatic carbocycles. The third kappa shape index (κ3) is 15.8. The van der Waals surface area contributed by atoms with Gasteiger partial charge >= 0.3 is 0 Å². The first-order chi connectivity index (χ1) is 8.13. The molecular formula is C11H18Cl2O4. The van der Waals surface area contributed by atoms with Crippen LogP contribution in [0.5, 0.6) is 0 Å². The lowest BCUT2D eigenvalue weighted by molar-refractivity contribution is -0.112. The number of carbonyl (C=O) groups excluding carboxylic acids is 2. The first kappa shape index (κ1) is 16.8. The van der Waals surface area contributed by atoms with Crippen LogP contribution >= 0.6 is 23.2 Å². The van der Waals surface area contributed by atoms with E-state index in [0.717, 1.165) is 6.42 Å². The SMILES string of the molecule is O=C(Cl)CCCOCCCOCCCC(=O)Cl. The number of halogens is 2. The molecule has 100 valence electrons. The van der Waals surface area contributed by atoms with E-state index < -0.39 is 0 Å². The zero-order valence-corrected chi connectivity index (χ0v) is 11.3. The minimum Gasteiger partial charge on any atom is -0.381 e. The van der Waals surface area contributed by atoms with Gasteiger partial charge in [0.05, 0.1) is 0 Å². The van der Waals surface area contributed by atoms with Crippen LogP contribution in [0.4, 0.5) is 0 Å². The van der Waals surface area contributed by atoms with Crippen molar-refractivity contribution in [1.29, 1.82) is 0 Å². The van der Waals surface area contributed by atoms with Crippen LogP contribution in [-0.2, 0) is 19.1 Å². The third-order valence-corrected chi connectivity index (χ3v) is 2.28. The Hall–Kier alpha value is -0.160. The maximum absolute atomic E-state index is 10.4. The lowest BCUT2D eigenvalue weighted by Gasteiger charge is -2.04. The Labute approximate surface area is 112 Å². The van der Waals surface area contributed by atoms with Gasteiger partial charge in [-0.25, -0.2) is 0 Å². The van der Waals surface area contributed by atoms with Gasteiger partial charge in [-0.3, -0.25) is 9.59 Å². The Bertz CT molecular complexity index is 200. The molecule has 0 unspecified atom stereocenters. The Morgan fingerprint density at radius 1 is 0.706 bits per heavy atom. The summed E-state index contributed by atoms with van der Waals surface area (Å²) in [5, 5.41) is -0.656. The highest BCUT2D eigenvalue weighted by molar-refractivity contribution is 6.63. The van der Waals surface area contributed by atoms with E-state index >= 15 is 0 Å². The first-order valence-electron chi connectivity index (χ1n) is 5.65. The Morgan fingerprint density at radius 2 is 1.06 bits per heavy atom. The van der Waals surface area contributed by atoms with Crippen molar-refractivity contribution in [3.05, 3.63) is 0 Å². The monoisotopic (exact) mass is 284 g/mol. The highest BCUT2D eigenvalue weighted by Crippen LogP contribution is 1.97. The van der Waals surface area contributed by atoms with Crippen molar-refractivity contribution >= 4 is 33.7 Å². The molecule has 0 fully saturated rings. The zero-order chi connectivity index (χ0) is 12.9. The van der Waals surface area contributed by atoms with Crippen LogP contribution in [0, 0.1) is 0 Å². The summed E-state index contributed by atoms with van der Waals surface area (Å²) in [7, 11) is 0. The van der Waals surface area contributed by atoms with Crippen LogP contribution in [0.15, 0.2) is 0 Å². The molecule has 0 atom stereocenters. The minimum atomic E-state index is -0.328. The second kappa shape index (κ2) is 12.3. The second-order valence-electron chi connectivity index (χ2n) is 3.50. The fraction of sp³-hybridized carbons (Fsp3) is 0.818. The zero-order valence-electron chi connectivity index (χ0n) is 9.75. The molecule has 0 radical (unpaired) electrons. The molecule has 0 N–H and O–H groups in total. The van der Waals surface area contributed by atoms with E-state index in [4.69, 9.17) is 32.7 Å². The molecular weight excluding hydrogens is 267 g/mol. The minimum absolute atomic E-state index is 0.328. The van der Waals surface area contributed by atoms with Crippen molar-refractivity contribution in [2.24, 2.45) is 0 Å². The van der Waals surface area contributed by atoms with E-state index in [1.165, 1.54) is 0 Å². The van der Waals surface area contributed by atoms with Gasteiger partial charge in [0, 0.05) is 39.3 Å². The summed E-state index contributed by atoms with van der Waals surface area (Å²) in [5.74, 6) is 0. The van der Waals surface area contributed by atoms with Crippen LogP contribution in [0.1, 0.15) is 32.1 Å². The normalized spacial score (nSPS) is 10.5. The average Bonchev–Trinajstić information content (AvgIpc) is 2.25. The standard InChI is InChI=1S/C11H18Cl2O4/c12-10(14)4-1-6-16-8-3-9-17-7-2-5-11(13)15/h1-9H2. The Morgan fingerprint density at radius 3 is 1.41 bits per heavy atom. The van der Waals surface area contributed by atoms with Crippen molar-refractivity contribution in [2.75, 3.05) is 26.4 Å². The van der Waals surface area contributed by atoms with E-state index in [1.807, 2.05) is 0 Å². The molecule has 0 aliphatic carbocycles. The highest BCUT2D eigenvalue weighted by atomic mass is 35.5. The van der Waals surface area contributed by atoms with Gasteiger partial charge in [0.1, 0.15) is 0 Å². The van der Waals surface area contributed by atoms with Gasteiger partial charge in [0.2, 0.25) is 10.5 Å². The van der Waals surface area contributed by atoms with E-state index in [9.17, 15) is 9.59 Å². The summed E-state index contributed by atoms with van der Waals surface area (Å²) < 4.78 is 10.5. The topological polar surface area (TPSA) is 52.6 Å². The molecule has 0 bridgehead atoms. The van der Waals surface area contributed by atoms with Crippen molar-refractivity contribution in [3.63, 3.8) is 0 Å². The van der Waals surface area contributed by atoms with E-state index in [-0.39, 0.29) is 10.5 Å². The summed E-state index contributed by atoms with van der Waals surface area (Å²) in [6.45, 7) is 2.29.